The van der Waals surface area contributed by atoms with Crippen molar-refractivity contribution in [2.75, 3.05) is 7.11 Å². The molecule has 0 radical (unpaired) electrons. The summed E-state index contributed by atoms with van der Waals surface area (Å²) in [4.78, 5) is 37.3. The van der Waals surface area contributed by atoms with Crippen LogP contribution in [0, 0.1) is 0 Å². The van der Waals surface area contributed by atoms with Crippen LogP contribution in [0.4, 0.5) is 13.2 Å². The van der Waals surface area contributed by atoms with Gasteiger partial charge in [-0.05, 0) is 19.8 Å². The van der Waals surface area contributed by atoms with E-state index in [9.17, 15) is 27.6 Å². The van der Waals surface area contributed by atoms with Crippen LogP contribution in [-0.4, -0.2) is 47.6 Å². The molecule has 2 rings (SSSR count). The molecule has 0 bridgehead atoms. The first-order valence-electron chi connectivity index (χ1n) is 7.56. The van der Waals surface area contributed by atoms with Crippen molar-refractivity contribution in [1.29, 1.82) is 0 Å². The highest BCUT2D eigenvalue weighted by Gasteiger charge is 2.71. The number of allylic oxidation sites excluding steroid dienone is 1. The summed E-state index contributed by atoms with van der Waals surface area (Å²) in [5.74, 6) is -3.70. The van der Waals surface area contributed by atoms with Gasteiger partial charge in [-0.25, -0.2) is 4.79 Å². The molecule has 24 heavy (non-hydrogen) atoms. The molecule has 1 atom stereocenters. The van der Waals surface area contributed by atoms with Crippen molar-refractivity contribution in [1.82, 2.24) is 10.2 Å². The molecule has 0 saturated heterocycles. The number of nitrogens with one attached hydrogen (secondary N) is 1. The van der Waals surface area contributed by atoms with Crippen LogP contribution in [-0.2, 0) is 19.1 Å². The quantitative estimate of drug-likeness (QED) is 0.787. The van der Waals surface area contributed by atoms with E-state index in [0.717, 1.165) is 31.8 Å². The minimum atomic E-state index is -5.19. The van der Waals surface area contributed by atoms with Crippen molar-refractivity contribution in [3.05, 3.63) is 11.3 Å². The Morgan fingerprint density at radius 1 is 1.29 bits per heavy atom. The molecule has 0 aromatic carbocycles. The minimum Gasteiger partial charge on any atom is -0.466 e. The van der Waals surface area contributed by atoms with Gasteiger partial charge in [-0.15, -0.1) is 0 Å². The number of hydrogen-bond donors (Lipinski definition) is 1. The second-order valence-corrected chi connectivity index (χ2v) is 5.99. The number of nitrogens with zero attached hydrogens (tertiary/aromatic N) is 1. The molecule has 0 aromatic heterocycles. The second-order valence-electron chi connectivity index (χ2n) is 5.99. The number of carbonyl (C=O) groups excluding carboxylic acids is 3. The maximum absolute atomic E-state index is 13.9. The van der Waals surface area contributed by atoms with Gasteiger partial charge in [0.05, 0.1) is 7.11 Å². The molecule has 0 aromatic rings. The number of carbonyl (C=O) groups is 3. The van der Waals surface area contributed by atoms with Crippen LogP contribution in [0.15, 0.2) is 11.3 Å². The maximum Gasteiger partial charge on any atom is 0.425 e. The van der Waals surface area contributed by atoms with E-state index in [4.69, 9.17) is 0 Å². The summed E-state index contributed by atoms with van der Waals surface area (Å²) in [6.07, 6.45) is -2.52. The average Bonchev–Trinajstić information content (AvgIpc) is 3.04. The number of ether oxygens (including phenoxy) is 1. The lowest BCUT2D eigenvalue weighted by Crippen LogP contribution is -2.66. The second kappa shape index (κ2) is 6.10. The largest absolute Gasteiger partial charge is 0.466 e. The molecular weight excluding hydrogens is 329 g/mol. The Hall–Kier alpha value is -2.06. The molecule has 6 nitrogen and oxygen atoms in total. The Kier molecular flexibility index (Phi) is 4.65. The van der Waals surface area contributed by atoms with Gasteiger partial charge in [0.2, 0.25) is 11.4 Å². The number of hydrogen-bond acceptors (Lipinski definition) is 4. The Morgan fingerprint density at radius 3 is 2.25 bits per heavy atom. The fraction of sp³-hybridized carbons (Fsp3) is 0.667. The maximum atomic E-state index is 13.9. The van der Waals surface area contributed by atoms with Crippen molar-refractivity contribution < 1.29 is 32.3 Å². The number of alkyl halides is 3. The van der Waals surface area contributed by atoms with Gasteiger partial charge in [-0.3, -0.25) is 9.59 Å². The van der Waals surface area contributed by atoms with E-state index in [1.54, 1.807) is 5.32 Å². The highest BCUT2D eigenvalue weighted by molar-refractivity contribution is 6.10. The van der Waals surface area contributed by atoms with E-state index < -0.39 is 41.1 Å². The van der Waals surface area contributed by atoms with E-state index >= 15 is 0 Å². The van der Waals surface area contributed by atoms with Crippen LogP contribution < -0.4 is 5.32 Å². The van der Waals surface area contributed by atoms with Crippen molar-refractivity contribution in [3.8, 4) is 0 Å². The molecule has 1 N–H and O–H groups in total. The fourth-order valence-electron chi connectivity index (χ4n) is 3.55. The van der Waals surface area contributed by atoms with Gasteiger partial charge >= 0.3 is 12.1 Å². The standard InChI is InChI=1S/C15H19F3N2O4/c1-8-11(12(22)24-3)14(15(16,17)18,19-9(2)21)13(23)20(8)10-6-4-5-7-10/h10H,4-7H2,1-3H3,(H,19,21)/t14-/m0/s1. The number of rotatable bonds is 3. The predicted molar refractivity (Wildman–Crippen MR) is 76.4 cm³/mol. The smallest absolute Gasteiger partial charge is 0.425 e. The van der Waals surface area contributed by atoms with Crippen LogP contribution >= 0.6 is 0 Å². The number of halogens is 3. The van der Waals surface area contributed by atoms with Gasteiger partial charge < -0.3 is 15.0 Å². The third kappa shape index (κ3) is 2.55. The van der Waals surface area contributed by atoms with E-state index in [1.165, 1.54) is 6.92 Å². The molecule has 1 heterocycles. The molecule has 9 heteroatoms. The predicted octanol–water partition coefficient (Wildman–Crippen LogP) is 1.66. The molecule has 1 saturated carbocycles. The molecular formula is C15H19F3N2O4. The molecule has 1 fully saturated rings. The summed E-state index contributed by atoms with van der Waals surface area (Å²) >= 11 is 0. The first-order valence-corrected chi connectivity index (χ1v) is 7.56. The number of esters is 1. The van der Waals surface area contributed by atoms with Gasteiger partial charge in [-0.1, -0.05) is 12.8 Å². The summed E-state index contributed by atoms with van der Waals surface area (Å²) in [5.41, 5.74) is -4.40. The lowest BCUT2D eigenvalue weighted by molar-refractivity contribution is -0.196. The summed E-state index contributed by atoms with van der Waals surface area (Å²) in [6.45, 7) is 2.14. The van der Waals surface area contributed by atoms with E-state index in [2.05, 4.69) is 4.74 Å². The zero-order valence-electron chi connectivity index (χ0n) is 13.6. The first kappa shape index (κ1) is 18.3. The van der Waals surface area contributed by atoms with E-state index in [0.29, 0.717) is 12.8 Å². The zero-order valence-corrected chi connectivity index (χ0v) is 13.6. The van der Waals surface area contributed by atoms with Gasteiger partial charge in [0.25, 0.3) is 5.91 Å². The van der Waals surface area contributed by atoms with E-state index in [-0.39, 0.29) is 5.70 Å². The van der Waals surface area contributed by atoms with Gasteiger partial charge in [-0.2, -0.15) is 13.2 Å². The third-order valence-corrected chi connectivity index (χ3v) is 4.51. The van der Waals surface area contributed by atoms with Crippen molar-refractivity contribution in [2.24, 2.45) is 0 Å². The lowest BCUT2D eigenvalue weighted by Gasteiger charge is -2.34. The van der Waals surface area contributed by atoms with Gasteiger partial charge in [0, 0.05) is 18.7 Å². The normalized spacial score (nSPS) is 25.4. The number of amides is 2. The van der Waals surface area contributed by atoms with Crippen molar-refractivity contribution in [2.45, 2.75) is 57.3 Å². The molecule has 134 valence electrons. The SMILES string of the molecule is COC(=O)C1=C(C)N(C2CCCC2)C(=O)[C@]1(NC(C)=O)C(F)(F)F. The van der Waals surface area contributed by atoms with Crippen LogP contribution in [0.5, 0.6) is 0 Å². The van der Waals surface area contributed by atoms with Crippen LogP contribution in [0.2, 0.25) is 0 Å². The van der Waals surface area contributed by atoms with Crippen LogP contribution in [0.1, 0.15) is 39.5 Å². The molecule has 1 aliphatic carbocycles. The zero-order chi connectivity index (χ0) is 18.3. The fourth-order valence-corrected chi connectivity index (χ4v) is 3.55. The third-order valence-electron chi connectivity index (χ3n) is 4.51. The van der Waals surface area contributed by atoms with E-state index in [1.807, 2.05) is 0 Å². The van der Waals surface area contributed by atoms with Crippen LogP contribution in [0.25, 0.3) is 0 Å². The van der Waals surface area contributed by atoms with Crippen molar-refractivity contribution in [3.63, 3.8) is 0 Å². The molecule has 1 aliphatic heterocycles. The molecule has 0 unspecified atom stereocenters. The topological polar surface area (TPSA) is 75.7 Å². The monoisotopic (exact) mass is 348 g/mol. The molecule has 0 spiro atoms. The Morgan fingerprint density at radius 2 is 1.83 bits per heavy atom. The first-order chi connectivity index (χ1) is 11.1. The Bertz CT molecular complexity index is 608. The summed E-state index contributed by atoms with van der Waals surface area (Å²) in [5, 5.41) is 1.68. The summed E-state index contributed by atoms with van der Waals surface area (Å²) in [7, 11) is 0.931. The minimum absolute atomic E-state index is 0.121. The lowest BCUT2D eigenvalue weighted by atomic mass is 9.89. The number of methoxy groups -OCH3 is 1. The van der Waals surface area contributed by atoms with Gasteiger partial charge in [0.15, 0.2) is 0 Å². The molecule has 2 aliphatic rings. The highest BCUT2D eigenvalue weighted by atomic mass is 19.4. The van der Waals surface area contributed by atoms with Gasteiger partial charge in [0.1, 0.15) is 5.57 Å². The average molecular weight is 348 g/mol. The Balaban J connectivity index is 2.68. The molecule has 2 amide bonds. The summed E-state index contributed by atoms with van der Waals surface area (Å²) < 4.78 is 46.2. The van der Waals surface area contributed by atoms with Crippen LogP contribution in [0.3, 0.4) is 0 Å². The van der Waals surface area contributed by atoms with Crippen molar-refractivity contribution >= 4 is 17.8 Å². The summed E-state index contributed by atoms with van der Waals surface area (Å²) in [6, 6.07) is -0.421. The highest BCUT2D eigenvalue weighted by Crippen LogP contribution is 2.47. The Labute approximate surface area is 137 Å².